The van der Waals surface area contributed by atoms with E-state index in [0.29, 0.717) is 42.1 Å². The van der Waals surface area contributed by atoms with Crippen LogP contribution < -0.4 is 10.2 Å². The molecule has 0 radical (unpaired) electrons. The molecule has 2 aromatic carbocycles. The lowest BCUT2D eigenvalue weighted by atomic mass is 10.0. The average Bonchev–Trinajstić information content (AvgIpc) is 2.78. The Morgan fingerprint density at radius 3 is 2.24 bits per heavy atom. The third kappa shape index (κ3) is 7.10. The van der Waals surface area contributed by atoms with Crippen LogP contribution in [0.4, 0.5) is 11.4 Å². The molecule has 176 valence electrons. The molecular weight excluding hydrogens is 434 g/mol. The first kappa shape index (κ1) is 24.8. The Balaban J connectivity index is 1.55. The number of hydrogen-bond donors (Lipinski definition) is 1. The van der Waals surface area contributed by atoms with Crippen LogP contribution in [-0.4, -0.2) is 42.9 Å². The molecule has 0 aliphatic carbocycles. The van der Waals surface area contributed by atoms with Crippen LogP contribution in [0.5, 0.6) is 0 Å². The molecule has 0 unspecified atom stereocenters. The Bertz CT molecular complexity index is 991. The normalized spacial score (nSPS) is 14.4. The smallest absolute Gasteiger partial charge is 0.248 e. The van der Waals surface area contributed by atoms with Gasteiger partial charge in [0.2, 0.25) is 11.8 Å². The fourth-order valence-electron chi connectivity index (χ4n) is 3.86. The molecule has 1 saturated heterocycles. The minimum Gasteiger partial charge on any atom is -0.367 e. The number of benzene rings is 2. The predicted molar refractivity (Wildman–Crippen MR) is 138 cm³/mol. The Morgan fingerprint density at radius 2 is 1.67 bits per heavy atom. The second-order valence-corrected chi connectivity index (χ2v) is 9.68. The molecule has 1 heterocycles. The number of amides is 2. The van der Waals surface area contributed by atoms with Crippen LogP contribution in [0, 0.1) is 5.92 Å². The van der Waals surface area contributed by atoms with Gasteiger partial charge in [-0.3, -0.25) is 9.59 Å². The molecule has 0 bridgehead atoms. The van der Waals surface area contributed by atoms with Gasteiger partial charge >= 0.3 is 0 Å². The Labute approximate surface area is 202 Å². The van der Waals surface area contributed by atoms with Gasteiger partial charge in [0.05, 0.1) is 10.7 Å². The first-order chi connectivity index (χ1) is 15.7. The number of nitrogens with zero attached hydrogens (tertiary/aromatic N) is 2. The molecule has 0 atom stereocenters. The molecule has 1 fully saturated rings. The zero-order chi connectivity index (χ0) is 24.0. The van der Waals surface area contributed by atoms with Gasteiger partial charge in [-0.2, -0.15) is 0 Å². The fraction of sp³-hybridized carbons (Fsp3) is 0.407. The van der Waals surface area contributed by atoms with Crippen molar-refractivity contribution in [1.29, 1.82) is 0 Å². The molecule has 2 amide bonds. The highest BCUT2D eigenvalue weighted by Crippen LogP contribution is 2.30. The lowest BCUT2D eigenvalue weighted by Gasteiger charge is -2.36. The van der Waals surface area contributed by atoms with E-state index < -0.39 is 0 Å². The molecule has 5 nitrogen and oxygen atoms in total. The standard InChI is InChI=1S/C27H34ClN3O2/c1-19(2)17-27(33)31-15-13-30(14-16-31)25-11-10-23(18-24(25)28)29-26(32)12-7-21-5-8-22(9-6-21)20(3)4/h5-12,18-20H,13-17H2,1-4H3,(H,29,32)/b12-7+. The van der Waals surface area contributed by atoms with Gasteiger partial charge in [-0.15, -0.1) is 0 Å². The van der Waals surface area contributed by atoms with E-state index in [2.05, 4.69) is 50.0 Å². The number of anilines is 2. The second-order valence-electron chi connectivity index (χ2n) is 9.28. The van der Waals surface area contributed by atoms with Crippen molar-refractivity contribution in [3.05, 3.63) is 64.7 Å². The number of carbonyl (C=O) groups is 2. The topological polar surface area (TPSA) is 52.7 Å². The summed E-state index contributed by atoms with van der Waals surface area (Å²) >= 11 is 6.54. The van der Waals surface area contributed by atoms with Crippen LogP contribution in [-0.2, 0) is 9.59 Å². The quantitative estimate of drug-likeness (QED) is 0.523. The van der Waals surface area contributed by atoms with E-state index >= 15 is 0 Å². The number of hydrogen-bond acceptors (Lipinski definition) is 3. The molecule has 0 saturated carbocycles. The highest BCUT2D eigenvalue weighted by Gasteiger charge is 2.23. The van der Waals surface area contributed by atoms with E-state index in [1.54, 1.807) is 12.1 Å². The van der Waals surface area contributed by atoms with Crippen molar-refractivity contribution in [1.82, 2.24) is 4.90 Å². The first-order valence-corrected chi connectivity index (χ1v) is 12.0. The molecule has 1 aliphatic rings. The molecule has 6 heteroatoms. The number of nitrogens with one attached hydrogen (secondary N) is 1. The summed E-state index contributed by atoms with van der Waals surface area (Å²) in [6.45, 7) is 11.3. The summed E-state index contributed by atoms with van der Waals surface area (Å²) in [5, 5.41) is 3.46. The highest BCUT2D eigenvalue weighted by molar-refractivity contribution is 6.33. The number of piperazine rings is 1. The highest BCUT2D eigenvalue weighted by atomic mass is 35.5. The fourth-order valence-corrected chi connectivity index (χ4v) is 4.16. The van der Waals surface area contributed by atoms with Crippen LogP contribution in [0.15, 0.2) is 48.5 Å². The lowest BCUT2D eigenvalue weighted by molar-refractivity contribution is -0.132. The van der Waals surface area contributed by atoms with Crippen LogP contribution in [0.1, 0.15) is 51.2 Å². The molecule has 0 spiro atoms. The van der Waals surface area contributed by atoms with Gasteiger partial charge in [0.25, 0.3) is 0 Å². The molecule has 2 aromatic rings. The van der Waals surface area contributed by atoms with E-state index in [-0.39, 0.29) is 11.8 Å². The Morgan fingerprint density at radius 1 is 1.00 bits per heavy atom. The van der Waals surface area contributed by atoms with Crippen molar-refractivity contribution in [2.75, 3.05) is 36.4 Å². The van der Waals surface area contributed by atoms with Gasteiger partial charge in [-0.05, 0) is 47.2 Å². The number of halogens is 1. The van der Waals surface area contributed by atoms with Gasteiger partial charge in [0, 0.05) is 44.4 Å². The van der Waals surface area contributed by atoms with E-state index in [9.17, 15) is 9.59 Å². The van der Waals surface area contributed by atoms with Gasteiger partial charge in [0.15, 0.2) is 0 Å². The summed E-state index contributed by atoms with van der Waals surface area (Å²) in [7, 11) is 0. The molecule has 3 rings (SSSR count). The van der Waals surface area contributed by atoms with Crippen LogP contribution in [0.2, 0.25) is 5.02 Å². The maximum Gasteiger partial charge on any atom is 0.248 e. The van der Waals surface area contributed by atoms with E-state index in [1.165, 1.54) is 11.6 Å². The number of carbonyl (C=O) groups excluding carboxylic acids is 2. The summed E-state index contributed by atoms with van der Waals surface area (Å²) in [4.78, 5) is 28.8. The zero-order valence-corrected chi connectivity index (χ0v) is 20.7. The van der Waals surface area contributed by atoms with Crippen molar-refractivity contribution < 1.29 is 9.59 Å². The van der Waals surface area contributed by atoms with Gasteiger partial charge in [0.1, 0.15) is 0 Å². The largest absolute Gasteiger partial charge is 0.367 e. The maximum absolute atomic E-state index is 12.3. The molecule has 1 N–H and O–H groups in total. The van der Waals surface area contributed by atoms with Gasteiger partial charge in [-0.1, -0.05) is 63.6 Å². The van der Waals surface area contributed by atoms with Crippen molar-refractivity contribution >= 4 is 40.9 Å². The first-order valence-electron chi connectivity index (χ1n) is 11.6. The summed E-state index contributed by atoms with van der Waals surface area (Å²) in [6, 6.07) is 13.8. The summed E-state index contributed by atoms with van der Waals surface area (Å²) in [5.41, 5.74) is 3.83. The van der Waals surface area contributed by atoms with E-state index in [0.717, 1.165) is 24.3 Å². The average molecular weight is 468 g/mol. The molecule has 33 heavy (non-hydrogen) atoms. The maximum atomic E-state index is 12.3. The third-order valence-corrected chi connectivity index (χ3v) is 6.10. The minimum absolute atomic E-state index is 0.205. The SMILES string of the molecule is CC(C)CC(=O)N1CCN(c2ccc(NC(=O)/C=C/c3ccc(C(C)C)cc3)cc2Cl)CC1. The molecule has 1 aliphatic heterocycles. The van der Waals surface area contributed by atoms with Crippen molar-refractivity contribution in [3.8, 4) is 0 Å². The predicted octanol–water partition coefficient (Wildman–Crippen LogP) is 5.81. The van der Waals surface area contributed by atoms with Crippen LogP contribution in [0.3, 0.4) is 0 Å². The van der Waals surface area contributed by atoms with Crippen molar-refractivity contribution in [2.45, 2.75) is 40.0 Å². The zero-order valence-electron chi connectivity index (χ0n) is 20.0. The number of rotatable bonds is 7. The summed E-state index contributed by atoms with van der Waals surface area (Å²) in [6.07, 6.45) is 3.92. The van der Waals surface area contributed by atoms with E-state index in [4.69, 9.17) is 11.6 Å². The van der Waals surface area contributed by atoms with Crippen molar-refractivity contribution in [3.63, 3.8) is 0 Å². The molecular formula is C27H34ClN3O2. The second kappa shape index (κ2) is 11.4. The Kier molecular flexibility index (Phi) is 8.56. The monoisotopic (exact) mass is 467 g/mol. The van der Waals surface area contributed by atoms with Crippen molar-refractivity contribution in [2.24, 2.45) is 5.92 Å². The van der Waals surface area contributed by atoms with Crippen LogP contribution >= 0.6 is 11.6 Å². The van der Waals surface area contributed by atoms with E-state index in [1.807, 2.05) is 29.2 Å². The Hall–Kier alpha value is -2.79. The summed E-state index contributed by atoms with van der Waals surface area (Å²) < 4.78 is 0. The molecule has 0 aromatic heterocycles. The van der Waals surface area contributed by atoms with Crippen LogP contribution in [0.25, 0.3) is 6.08 Å². The lowest BCUT2D eigenvalue weighted by Crippen LogP contribution is -2.49. The minimum atomic E-state index is -0.205. The van der Waals surface area contributed by atoms with Gasteiger partial charge in [-0.25, -0.2) is 0 Å². The van der Waals surface area contributed by atoms with Gasteiger partial charge < -0.3 is 15.1 Å². The summed E-state index contributed by atoms with van der Waals surface area (Å²) in [5.74, 6) is 0.866. The third-order valence-electron chi connectivity index (χ3n) is 5.80.